The van der Waals surface area contributed by atoms with Gasteiger partial charge in [0.2, 0.25) is 0 Å². The molecule has 1 saturated heterocycles. The molecule has 1 N–H and O–H groups in total. The van der Waals surface area contributed by atoms with Gasteiger partial charge in [0.25, 0.3) is 5.91 Å². The van der Waals surface area contributed by atoms with E-state index in [0.717, 1.165) is 11.1 Å². The normalized spacial score (nSPS) is 17.7. The summed E-state index contributed by atoms with van der Waals surface area (Å²) in [5.41, 5.74) is 2.11. The average Bonchev–Trinajstić information content (AvgIpc) is 3.04. The number of carboxylic acid groups (broad SMARTS) is 1. The first-order valence-corrected chi connectivity index (χ1v) is 7.68. The molecule has 1 aliphatic rings. The fraction of sp³-hybridized carbons (Fsp3) is 0.353. The van der Waals surface area contributed by atoms with E-state index >= 15 is 0 Å². The first-order chi connectivity index (χ1) is 11.5. The van der Waals surface area contributed by atoms with Gasteiger partial charge in [0.15, 0.2) is 17.8 Å². The predicted octanol–water partition coefficient (Wildman–Crippen LogP) is 1.97. The summed E-state index contributed by atoms with van der Waals surface area (Å²) in [6.45, 7) is 2.91. The van der Waals surface area contributed by atoms with Crippen molar-refractivity contribution in [1.29, 1.82) is 0 Å². The summed E-state index contributed by atoms with van der Waals surface area (Å²) in [5.74, 6) is -0.810. The molecule has 1 aromatic heterocycles. The van der Waals surface area contributed by atoms with Crippen LogP contribution in [-0.4, -0.2) is 52.7 Å². The number of aliphatic carboxylic acids is 1. The van der Waals surface area contributed by atoms with E-state index in [1.807, 2.05) is 31.2 Å². The lowest BCUT2D eigenvalue weighted by molar-refractivity contribution is -0.141. The van der Waals surface area contributed by atoms with Gasteiger partial charge in [-0.3, -0.25) is 9.59 Å². The van der Waals surface area contributed by atoms with Crippen LogP contribution >= 0.6 is 0 Å². The van der Waals surface area contributed by atoms with Gasteiger partial charge >= 0.3 is 5.97 Å². The fourth-order valence-electron chi connectivity index (χ4n) is 2.68. The summed E-state index contributed by atoms with van der Waals surface area (Å²) in [6, 6.07) is 7.62. The number of ether oxygens (including phenoxy) is 1. The third kappa shape index (κ3) is 3.46. The number of carbonyl (C=O) groups is 2. The van der Waals surface area contributed by atoms with Crippen molar-refractivity contribution >= 4 is 11.9 Å². The van der Waals surface area contributed by atoms with Crippen molar-refractivity contribution in [3.63, 3.8) is 0 Å². The van der Waals surface area contributed by atoms with E-state index in [0.29, 0.717) is 18.9 Å². The number of rotatable bonds is 4. The minimum absolute atomic E-state index is 0.132. The number of carboxylic acids is 1. The quantitative estimate of drug-likeness (QED) is 0.921. The molecule has 0 radical (unpaired) electrons. The molecule has 0 spiro atoms. The molecule has 1 amide bonds. The molecule has 24 heavy (non-hydrogen) atoms. The van der Waals surface area contributed by atoms with Gasteiger partial charge in [0, 0.05) is 18.7 Å². The summed E-state index contributed by atoms with van der Waals surface area (Å²) in [5, 5.41) is 8.88. The molecule has 1 atom stereocenters. The molecule has 2 heterocycles. The summed E-state index contributed by atoms with van der Waals surface area (Å²) >= 11 is 0. The highest BCUT2D eigenvalue weighted by Crippen LogP contribution is 2.25. The van der Waals surface area contributed by atoms with E-state index in [1.165, 1.54) is 6.39 Å². The Bertz CT molecular complexity index is 738. The van der Waals surface area contributed by atoms with E-state index in [-0.39, 0.29) is 24.6 Å². The van der Waals surface area contributed by atoms with E-state index in [9.17, 15) is 9.59 Å². The average molecular weight is 330 g/mol. The van der Waals surface area contributed by atoms with Crippen LogP contribution < -0.4 is 0 Å². The number of hydrogen-bond acceptors (Lipinski definition) is 5. The SMILES string of the molecule is Cc1ccc(-c2ocnc2C(=O)N2CCO[C@@H](CC(=O)O)C2)cc1. The summed E-state index contributed by atoms with van der Waals surface area (Å²) in [7, 11) is 0. The van der Waals surface area contributed by atoms with E-state index in [2.05, 4.69) is 4.98 Å². The van der Waals surface area contributed by atoms with Gasteiger partial charge in [0.1, 0.15) is 0 Å². The van der Waals surface area contributed by atoms with Crippen molar-refractivity contribution in [2.45, 2.75) is 19.4 Å². The monoisotopic (exact) mass is 330 g/mol. The van der Waals surface area contributed by atoms with Crippen LogP contribution in [0.2, 0.25) is 0 Å². The minimum atomic E-state index is -0.948. The van der Waals surface area contributed by atoms with E-state index in [4.69, 9.17) is 14.3 Å². The second kappa shape index (κ2) is 6.84. The van der Waals surface area contributed by atoms with Gasteiger partial charge in [-0.05, 0) is 6.92 Å². The van der Waals surface area contributed by atoms with Gasteiger partial charge in [-0.1, -0.05) is 29.8 Å². The molecule has 2 aromatic rings. The lowest BCUT2D eigenvalue weighted by atomic mass is 10.1. The Balaban J connectivity index is 1.79. The fourth-order valence-corrected chi connectivity index (χ4v) is 2.68. The molecule has 7 nitrogen and oxygen atoms in total. The number of benzene rings is 1. The first-order valence-electron chi connectivity index (χ1n) is 7.68. The lowest BCUT2D eigenvalue weighted by Gasteiger charge is -2.31. The van der Waals surface area contributed by atoms with Gasteiger partial charge in [-0.2, -0.15) is 0 Å². The first kappa shape index (κ1) is 16.2. The van der Waals surface area contributed by atoms with Crippen LogP contribution in [0.15, 0.2) is 35.1 Å². The number of carbonyl (C=O) groups excluding carboxylic acids is 1. The molecule has 1 aromatic carbocycles. The second-order valence-electron chi connectivity index (χ2n) is 5.74. The van der Waals surface area contributed by atoms with Crippen LogP contribution in [0.4, 0.5) is 0 Å². The Morgan fingerprint density at radius 3 is 2.79 bits per heavy atom. The largest absolute Gasteiger partial charge is 0.481 e. The van der Waals surface area contributed by atoms with Crippen molar-refractivity contribution in [2.24, 2.45) is 0 Å². The van der Waals surface area contributed by atoms with Gasteiger partial charge in [-0.25, -0.2) is 4.98 Å². The number of hydrogen-bond donors (Lipinski definition) is 1. The maximum Gasteiger partial charge on any atom is 0.306 e. The Morgan fingerprint density at radius 1 is 1.33 bits per heavy atom. The second-order valence-corrected chi connectivity index (χ2v) is 5.74. The van der Waals surface area contributed by atoms with E-state index in [1.54, 1.807) is 4.90 Å². The van der Waals surface area contributed by atoms with Crippen LogP contribution in [0.5, 0.6) is 0 Å². The summed E-state index contributed by atoms with van der Waals surface area (Å²) in [4.78, 5) is 29.2. The van der Waals surface area contributed by atoms with Gasteiger partial charge < -0.3 is 19.2 Å². The highest BCUT2D eigenvalue weighted by molar-refractivity contribution is 5.97. The Hall–Kier alpha value is -2.67. The van der Waals surface area contributed by atoms with Crippen molar-refractivity contribution in [3.05, 3.63) is 41.9 Å². The zero-order valence-corrected chi connectivity index (χ0v) is 13.3. The molecular weight excluding hydrogens is 312 g/mol. The van der Waals surface area contributed by atoms with Crippen molar-refractivity contribution in [3.8, 4) is 11.3 Å². The molecular formula is C17H18N2O5. The van der Waals surface area contributed by atoms with E-state index < -0.39 is 12.1 Å². The number of nitrogens with zero attached hydrogens (tertiary/aromatic N) is 2. The van der Waals surface area contributed by atoms with Gasteiger partial charge in [0.05, 0.1) is 19.1 Å². The Labute approximate surface area is 138 Å². The number of morpholine rings is 1. The molecule has 126 valence electrons. The Kier molecular flexibility index (Phi) is 4.61. The highest BCUT2D eigenvalue weighted by atomic mass is 16.5. The lowest BCUT2D eigenvalue weighted by Crippen LogP contribution is -2.46. The molecule has 0 saturated carbocycles. The third-order valence-electron chi connectivity index (χ3n) is 3.91. The summed E-state index contributed by atoms with van der Waals surface area (Å²) < 4.78 is 10.8. The molecule has 0 unspecified atom stereocenters. The smallest absolute Gasteiger partial charge is 0.306 e. The minimum Gasteiger partial charge on any atom is -0.481 e. The summed E-state index contributed by atoms with van der Waals surface area (Å²) in [6.07, 6.45) is 0.611. The van der Waals surface area contributed by atoms with Crippen LogP contribution in [0.25, 0.3) is 11.3 Å². The maximum absolute atomic E-state index is 12.8. The third-order valence-corrected chi connectivity index (χ3v) is 3.91. The predicted molar refractivity (Wildman–Crippen MR) is 84.6 cm³/mol. The molecule has 3 rings (SSSR count). The molecule has 0 aliphatic carbocycles. The highest BCUT2D eigenvalue weighted by Gasteiger charge is 2.29. The zero-order valence-electron chi connectivity index (χ0n) is 13.3. The van der Waals surface area contributed by atoms with Crippen LogP contribution in [-0.2, 0) is 9.53 Å². The molecule has 7 heteroatoms. The van der Waals surface area contributed by atoms with Crippen LogP contribution in [0.1, 0.15) is 22.5 Å². The molecule has 1 aliphatic heterocycles. The molecule has 1 fully saturated rings. The van der Waals surface area contributed by atoms with Crippen molar-refractivity contribution in [1.82, 2.24) is 9.88 Å². The number of amides is 1. The molecule has 0 bridgehead atoms. The van der Waals surface area contributed by atoms with Gasteiger partial charge in [-0.15, -0.1) is 0 Å². The zero-order chi connectivity index (χ0) is 17.1. The van der Waals surface area contributed by atoms with Crippen molar-refractivity contribution in [2.75, 3.05) is 19.7 Å². The van der Waals surface area contributed by atoms with Crippen LogP contribution in [0, 0.1) is 6.92 Å². The van der Waals surface area contributed by atoms with Crippen LogP contribution in [0.3, 0.4) is 0 Å². The standard InChI is InChI=1S/C17H18N2O5/c1-11-2-4-12(5-3-11)16-15(18-10-24-16)17(22)19-6-7-23-13(9-19)8-14(20)21/h2-5,10,13H,6-9H2,1H3,(H,20,21)/t13-/m0/s1. The topological polar surface area (TPSA) is 92.9 Å². The number of oxazole rings is 1. The Morgan fingerprint density at radius 2 is 2.08 bits per heavy atom. The van der Waals surface area contributed by atoms with Crippen molar-refractivity contribution < 1.29 is 23.8 Å². The maximum atomic E-state index is 12.8. The number of aromatic nitrogens is 1. The number of aryl methyl sites for hydroxylation is 1.